The van der Waals surface area contributed by atoms with Gasteiger partial charge in [-0.05, 0) is 61.2 Å². The van der Waals surface area contributed by atoms with Crippen molar-refractivity contribution < 1.29 is 9.59 Å². The van der Waals surface area contributed by atoms with Crippen LogP contribution in [0.5, 0.6) is 0 Å². The second-order valence-electron chi connectivity index (χ2n) is 9.36. The second kappa shape index (κ2) is 11.0. The first-order chi connectivity index (χ1) is 19.9. The van der Waals surface area contributed by atoms with Gasteiger partial charge in [0.25, 0.3) is 5.91 Å². The van der Waals surface area contributed by atoms with Crippen LogP contribution >= 0.6 is 22.9 Å². The van der Waals surface area contributed by atoms with Crippen LogP contribution in [0.1, 0.15) is 39.8 Å². The maximum atomic E-state index is 12.2. The van der Waals surface area contributed by atoms with E-state index in [1.54, 1.807) is 36.1 Å². The maximum absolute atomic E-state index is 12.2. The van der Waals surface area contributed by atoms with Crippen LogP contribution < -0.4 is 10.6 Å². The molecule has 2 amide bonds. The lowest BCUT2D eigenvalue weighted by atomic mass is 9.95. The number of pyridine rings is 1. The normalized spacial score (nSPS) is 11.6. The van der Waals surface area contributed by atoms with Crippen molar-refractivity contribution in [3.05, 3.63) is 100.0 Å². The predicted molar refractivity (Wildman–Crippen MR) is 160 cm³/mol. The van der Waals surface area contributed by atoms with Gasteiger partial charge in [0.2, 0.25) is 5.91 Å². The molecule has 0 unspecified atom stereocenters. The number of hydrogen-bond acceptors (Lipinski definition) is 6. The average Bonchev–Trinajstić information content (AvgIpc) is 3.57. The highest BCUT2D eigenvalue weighted by molar-refractivity contribution is 7.19. The first-order valence-corrected chi connectivity index (χ1v) is 14.1. The van der Waals surface area contributed by atoms with Gasteiger partial charge >= 0.3 is 0 Å². The van der Waals surface area contributed by atoms with Crippen molar-refractivity contribution in [2.75, 3.05) is 12.4 Å². The fraction of sp³-hybridized carbons (Fsp3) is 0.129. The highest BCUT2D eigenvalue weighted by atomic mass is 35.5. The van der Waals surface area contributed by atoms with Gasteiger partial charge in [-0.1, -0.05) is 47.1 Å². The summed E-state index contributed by atoms with van der Waals surface area (Å²) < 4.78 is 1.80. The molecule has 0 atom stereocenters. The minimum absolute atomic E-state index is 0.181. The number of benzene rings is 2. The zero-order chi connectivity index (χ0) is 28.5. The lowest BCUT2D eigenvalue weighted by Crippen LogP contribution is -2.17. The third-order valence-corrected chi connectivity index (χ3v) is 7.92. The Morgan fingerprint density at radius 2 is 1.88 bits per heavy atom. The number of anilines is 1. The van der Waals surface area contributed by atoms with E-state index in [9.17, 15) is 9.59 Å². The molecule has 3 heterocycles. The number of carbonyl (C=O) groups excluding carboxylic acids is 2. The quantitative estimate of drug-likeness (QED) is 0.273. The van der Waals surface area contributed by atoms with Crippen molar-refractivity contribution in [1.29, 1.82) is 0 Å². The van der Waals surface area contributed by atoms with Crippen LogP contribution in [0.4, 0.5) is 5.13 Å². The molecule has 0 radical (unpaired) electrons. The summed E-state index contributed by atoms with van der Waals surface area (Å²) in [4.78, 5) is 34.1. The number of hydrogen-bond donors (Lipinski definition) is 2. The van der Waals surface area contributed by atoms with Gasteiger partial charge in [0, 0.05) is 42.4 Å². The molecule has 0 saturated carbocycles. The number of carbonyl (C=O) groups is 2. The number of thiazole rings is 1. The molecule has 1 aliphatic carbocycles. The fourth-order valence-corrected chi connectivity index (χ4v) is 6.09. The number of amides is 2. The van der Waals surface area contributed by atoms with E-state index >= 15 is 0 Å². The molecule has 1 aliphatic rings. The Morgan fingerprint density at radius 3 is 2.59 bits per heavy atom. The minimum Gasteiger partial charge on any atom is -0.355 e. The Labute approximate surface area is 245 Å². The fourth-order valence-electron chi connectivity index (χ4n) is 4.71. The van der Waals surface area contributed by atoms with Gasteiger partial charge in [0.1, 0.15) is 5.69 Å². The molecule has 0 spiro atoms. The zero-order valence-corrected chi connectivity index (χ0v) is 23.7. The third-order valence-electron chi connectivity index (χ3n) is 6.60. The van der Waals surface area contributed by atoms with Crippen molar-refractivity contribution >= 4 is 39.9 Å². The van der Waals surface area contributed by atoms with Gasteiger partial charge in [0.15, 0.2) is 5.13 Å². The number of fused-ring (bicyclic) bond motifs is 3. The highest BCUT2D eigenvalue weighted by Gasteiger charge is 2.30. The van der Waals surface area contributed by atoms with E-state index in [1.807, 2.05) is 42.5 Å². The Bertz CT molecular complexity index is 1870. The summed E-state index contributed by atoms with van der Waals surface area (Å²) >= 11 is 8.14. The monoisotopic (exact) mass is 578 g/mol. The standard InChI is InChI=1S/C31H23ClN6O2S/c1-18(39)35-31-36-25-14-13-23-27(21-9-12-22(34-17-21)11-8-19-6-4-3-5-7-19)37-38(28(23)29(25)41-31)26-15-10-20(16-24(26)32)30(40)33-2/h3-7,9-10,12,15-17H,13-14H2,1-2H3,(H,33,40)(H,35,36,39). The Morgan fingerprint density at radius 1 is 1.05 bits per heavy atom. The molecule has 2 N–H and O–H groups in total. The summed E-state index contributed by atoms with van der Waals surface area (Å²) in [5, 5.41) is 11.4. The van der Waals surface area contributed by atoms with E-state index in [-0.39, 0.29) is 11.8 Å². The summed E-state index contributed by atoms with van der Waals surface area (Å²) in [6.07, 6.45) is 3.18. The van der Waals surface area contributed by atoms with E-state index in [1.165, 1.54) is 18.3 Å². The van der Waals surface area contributed by atoms with E-state index in [4.69, 9.17) is 16.7 Å². The Hall–Kier alpha value is -4.78. The molecule has 10 heteroatoms. The van der Waals surface area contributed by atoms with Crippen molar-refractivity contribution in [1.82, 2.24) is 25.1 Å². The summed E-state index contributed by atoms with van der Waals surface area (Å²) in [6, 6.07) is 18.8. The van der Waals surface area contributed by atoms with Crippen LogP contribution in [-0.4, -0.2) is 38.6 Å². The van der Waals surface area contributed by atoms with Crippen LogP contribution in [0, 0.1) is 11.8 Å². The van der Waals surface area contributed by atoms with E-state index < -0.39 is 0 Å². The summed E-state index contributed by atoms with van der Waals surface area (Å²) in [5.74, 6) is 5.84. The van der Waals surface area contributed by atoms with Crippen LogP contribution in [0.15, 0.2) is 66.9 Å². The molecule has 0 aliphatic heterocycles. The minimum atomic E-state index is -0.229. The molecule has 41 heavy (non-hydrogen) atoms. The molecule has 0 bridgehead atoms. The first-order valence-electron chi connectivity index (χ1n) is 12.9. The zero-order valence-electron chi connectivity index (χ0n) is 22.2. The Kier molecular flexibility index (Phi) is 7.10. The smallest absolute Gasteiger partial charge is 0.251 e. The number of aryl methyl sites for hydroxylation is 1. The van der Waals surface area contributed by atoms with Crippen molar-refractivity contribution in [2.24, 2.45) is 0 Å². The van der Waals surface area contributed by atoms with Gasteiger partial charge in [-0.15, -0.1) is 0 Å². The number of aromatic nitrogens is 4. The van der Waals surface area contributed by atoms with Gasteiger partial charge in [-0.25, -0.2) is 14.6 Å². The van der Waals surface area contributed by atoms with Crippen LogP contribution in [0.3, 0.4) is 0 Å². The summed E-state index contributed by atoms with van der Waals surface area (Å²) in [7, 11) is 1.57. The molecule has 5 aromatic rings. The highest BCUT2D eigenvalue weighted by Crippen LogP contribution is 2.44. The van der Waals surface area contributed by atoms with Gasteiger partial charge < -0.3 is 10.6 Å². The first kappa shape index (κ1) is 26.4. The Balaban J connectivity index is 1.46. The number of nitrogens with one attached hydrogen (secondary N) is 2. The summed E-state index contributed by atoms with van der Waals surface area (Å²) in [6.45, 7) is 1.46. The molecule has 6 rings (SSSR count). The van der Waals surface area contributed by atoms with Crippen molar-refractivity contribution in [3.63, 3.8) is 0 Å². The number of nitrogens with zero attached hydrogens (tertiary/aromatic N) is 4. The van der Waals surface area contributed by atoms with Crippen LogP contribution in [0.2, 0.25) is 5.02 Å². The molecular formula is C31H23ClN6O2S. The topological polar surface area (TPSA) is 102 Å². The van der Waals surface area contributed by atoms with Crippen molar-refractivity contribution in [2.45, 2.75) is 19.8 Å². The predicted octanol–water partition coefficient (Wildman–Crippen LogP) is 5.53. The van der Waals surface area contributed by atoms with Gasteiger partial charge in [-0.2, -0.15) is 5.10 Å². The summed E-state index contributed by atoms with van der Waals surface area (Å²) in [5.41, 5.74) is 7.06. The maximum Gasteiger partial charge on any atom is 0.251 e. The van der Waals surface area contributed by atoms with E-state index in [2.05, 4.69) is 32.4 Å². The molecule has 202 valence electrons. The van der Waals surface area contributed by atoms with E-state index in [0.717, 1.165) is 38.6 Å². The van der Waals surface area contributed by atoms with Crippen molar-refractivity contribution in [3.8, 4) is 39.4 Å². The average molecular weight is 579 g/mol. The van der Waals surface area contributed by atoms with E-state index in [0.29, 0.717) is 39.9 Å². The van der Waals surface area contributed by atoms with Crippen LogP contribution in [0.25, 0.3) is 27.5 Å². The molecule has 0 fully saturated rings. The third kappa shape index (κ3) is 5.23. The number of halogens is 1. The molecule has 8 nitrogen and oxygen atoms in total. The molecular weight excluding hydrogens is 556 g/mol. The lowest BCUT2D eigenvalue weighted by Gasteiger charge is -2.15. The largest absolute Gasteiger partial charge is 0.355 e. The lowest BCUT2D eigenvalue weighted by molar-refractivity contribution is -0.114. The molecule has 3 aromatic heterocycles. The molecule has 2 aromatic carbocycles. The number of rotatable bonds is 4. The van der Waals surface area contributed by atoms with Gasteiger partial charge in [0.05, 0.1) is 32.7 Å². The second-order valence-corrected chi connectivity index (χ2v) is 10.8. The van der Waals surface area contributed by atoms with Crippen LogP contribution in [-0.2, 0) is 17.6 Å². The SMILES string of the molecule is CNC(=O)c1ccc(-n2nc(-c3ccc(C#Cc4ccccc4)nc3)c3c2-c2sc(NC(C)=O)nc2CC3)c(Cl)c1. The van der Waals surface area contributed by atoms with Gasteiger partial charge in [-0.3, -0.25) is 9.59 Å². The molecule has 0 saturated heterocycles.